The van der Waals surface area contributed by atoms with Crippen LogP contribution < -0.4 is 5.32 Å². The quantitative estimate of drug-likeness (QED) is 0.382. The molecule has 1 heterocycles. The Morgan fingerprint density at radius 3 is 2.38 bits per heavy atom. The van der Waals surface area contributed by atoms with Crippen LogP contribution in [-0.2, 0) is 14.4 Å². The topological polar surface area (TPSA) is 110 Å². The third-order valence-corrected chi connectivity index (χ3v) is 5.56. The second-order valence-corrected chi connectivity index (χ2v) is 7.07. The summed E-state index contributed by atoms with van der Waals surface area (Å²) in [5, 5.41) is 13.4. The first-order valence-corrected chi connectivity index (χ1v) is 8.45. The third-order valence-electron chi connectivity index (χ3n) is 5.56. The molecule has 2 fully saturated rings. The predicted octanol–water partition coefficient (Wildman–Crippen LogP) is 1.65. The minimum absolute atomic E-state index is 0.0683. The summed E-state index contributed by atoms with van der Waals surface area (Å²) in [5.74, 6) is -1.49. The number of amides is 3. The lowest BCUT2D eigenvalue weighted by molar-refractivity contribution is -0.384. The molecular formula is C18H17N3O5. The number of carbonyl (C=O) groups excluding carboxylic acids is 3. The summed E-state index contributed by atoms with van der Waals surface area (Å²) in [5.41, 5.74) is 0.883. The van der Waals surface area contributed by atoms with Crippen molar-refractivity contribution in [2.45, 2.75) is 13.3 Å². The molecule has 3 amide bonds. The second-order valence-electron chi connectivity index (χ2n) is 7.07. The highest BCUT2D eigenvalue weighted by molar-refractivity contribution is 6.09. The van der Waals surface area contributed by atoms with Gasteiger partial charge in [-0.25, -0.2) is 0 Å². The highest BCUT2D eigenvalue weighted by Crippen LogP contribution is 2.52. The molecule has 1 aromatic carbocycles. The van der Waals surface area contributed by atoms with Crippen LogP contribution in [-0.4, -0.2) is 34.1 Å². The van der Waals surface area contributed by atoms with E-state index in [2.05, 4.69) is 5.32 Å². The number of nitrogens with zero attached hydrogens (tertiary/aromatic N) is 2. The first-order chi connectivity index (χ1) is 12.4. The molecule has 2 bridgehead atoms. The SMILES string of the molecule is Cc1cc([N+](=O)[O-])ccc1NC(=O)CN1C(=O)[C@@H]2[C@@H](C1=O)[C@H]1C=C[C@@H]2C1. The highest BCUT2D eigenvalue weighted by Gasteiger charge is 2.59. The lowest BCUT2D eigenvalue weighted by Crippen LogP contribution is -2.39. The van der Waals surface area contributed by atoms with E-state index in [4.69, 9.17) is 0 Å². The van der Waals surface area contributed by atoms with Gasteiger partial charge in [-0.2, -0.15) is 0 Å². The van der Waals surface area contributed by atoms with Crippen LogP contribution >= 0.6 is 0 Å². The zero-order chi connectivity index (χ0) is 18.6. The number of nitro benzene ring substituents is 1. The standard InChI is InChI=1S/C18H17N3O5/c1-9-6-12(21(25)26)4-5-13(9)19-14(22)8-20-17(23)15-10-2-3-11(7-10)16(15)18(20)24/h2-6,10-11,15-16H,7-8H2,1H3,(H,19,22)/t10-,11+,15-,16-/m0/s1. The van der Waals surface area contributed by atoms with Gasteiger partial charge in [-0.1, -0.05) is 12.2 Å². The van der Waals surface area contributed by atoms with E-state index in [1.165, 1.54) is 18.2 Å². The van der Waals surface area contributed by atoms with E-state index in [9.17, 15) is 24.5 Å². The van der Waals surface area contributed by atoms with Gasteiger partial charge in [-0.05, 0) is 36.8 Å². The normalized spacial score (nSPS) is 28.6. The van der Waals surface area contributed by atoms with E-state index in [-0.39, 0.29) is 47.7 Å². The largest absolute Gasteiger partial charge is 0.324 e. The maximum absolute atomic E-state index is 12.6. The molecule has 0 spiro atoms. The van der Waals surface area contributed by atoms with E-state index in [1.807, 2.05) is 12.2 Å². The van der Waals surface area contributed by atoms with Crippen molar-refractivity contribution in [2.75, 3.05) is 11.9 Å². The van der Waals surface area contributed by atoms with Gasteiger partial charge in [0.25, 0.3) is 5.69 Å². The number of carbonyl (C=O) groups is 3. The summed E-state index contributed by atoms with van der Waals surface area (Å²) in [4.78, 5) is 48.8. The van der Waals surface area contributed by atoms with Gasteiger partial charge in [-0.15, -0.1) is 0 Å². The summed E-state index contributed by atoms with van der Waals surface area (Å²) >= 11 is 0. The monoisotopic (exact) mass is 355 g/mol. The van der Waals surface area contributed by atoms with Crippen molar-refractivity contribution in [3.63, 3.8) is 0 Å². The van der Waals surface area contributed by atoms with E-state index in [0.29, 0.717) is 11.3 Å². The molecule has 1 aromatic rings. The van der Waals surface area contributed by atoms with Gasteiger partial charge in [0.1, 0.15) is 6.54 Å². The van der Waals surface area contributed by atoms with Gasteiger partial charge in [0.15, 0.2) is 0 Å². The summed E-state index contributed by atoms with van der Waals surface area (Å²) in [6.07, 6.45) is 4.84. The number of aryl methyl sites for hydroxylation is 1. The van der Waals surface area contributed by atoms with Crippen molar-refractivity contribution >= 4 is 29.1 Å². The van der Waals surface area contributed by atoms with Crippen molar-refractivity contribution in [3.8, 4) is 0 Å². The molecule has 1 N–H and O–H groups in total. The zero-order valence-electron chi connectivity index (χ0n) is 14.0. The Labute approximate surface area is 149 Å². The number of rotatable bonds is 4. The molecule has 4 atom stereocenters. The highest BCUT2D eigenvalue weighted by atomic mass is 16.6. The average Bonchev–Trinajstić information content (AvgIpc) is 3.26. The van der Waals surface area contributed by atoms with Crippen molar-refractivity contribution < 1.29 is 19.3 Å². The summed E-state index contributed by atoms with van der Waals surface area (Å²) in [6, 6.07) is 4.09. The number of nitrogens with one attached hydrogen (secondary N) is 1. The van der Waals surface area contributed by atoms with E-state index < -0.39 is 10.8 Å². The lowest BCUT2D eigenvalue weighted by Gasteiger charge is -2.17. The smallest absolute Gasteiger partial charge is 0.269 e. The second kappa shape index (κ2) is 5.76. The fourth-order valence-electron chi connectivity index (χ4n) is 4.35. The van der Waals surface area contributed by atoms with Gasteiger partial charge >= 0.3 is 0 Å². The molecule has 2 aliphatic carbocycles. The van der Waals surface area contributed by atoms with Gasteiger partial charge in [-0.3, -0.25) is 29.4 Å². The number of anilines is 1. The van der Waals surface area contributed by atoms with E-state index >= 15 is 0 Å². The number of fused-ring (bicyclic) bond motifs is 5. The molecule has 1 saturated carbocycles. The van der Waals surface area contributed by atoms with Crippen molar-refractivity contribution in [1.82, 2.24) is 4.90 Å². The van der Waals surface area contributed by atoms with Crippen LogP contribution in [0, 0.1) is 40.7 Å². The van der Waals surface area contributed by atoms with Crippen LogP contribution in [0.25, 0.3) is 0 Å². The number of nitro groups is 1. The molecule has 134 valence electrons. The Kier molecular flexibility index (Phi) is 3.64. The number of hydrogen-bond donors (Lipinski definition) is 1. The van der Waals surface area contributed by atoms with Crippen molar-refractivity contribution in [2.24, 2.45) is 23.7 Å². The number of non-ortho nitro benzene ring substituents is 1. The van der Waals surface area contributed by atoms with Crippen LogP contribution in [0.1, 0.15) is 12.0 Å². The molecule has 8 nitrogen and oxygen atoms in total. The molecule has 0 unspecified atom stereocenters. The molecular weight excluding hydrogens is 338 g/mol. The van der Waals surface area contributed by atoms with Gasteiger partial charge < -0.3 is 5.32 Å². The zero-order valence-corrected chi connectivity index (χ0v) is 14.0. The Bertz CT molecular complexity index is 848. The van der Waals surface area contributed by atoms with Crippen molar-refractivity contribution in [3.05, 3.63) is 46.0 Å². The van der Waals surface area contributed by atoms with E-state index in [1.54, 1.807) is 6.92 Å². The minimum atomic E-state index is -0.513. The van der Waals surface area contributed by atoms with Gasteiger partial charge in [0.05, 0.1) is 16.8 Å². The Hall–Kier alpha value is -3.03. The third kappa shape index (κ3) is 2.40. The van der Waals surface area contributed by atoms with Crippen LogP contribution in [0.2, 0.25) is 0 Å². The first kappa shape index (κ1) is 16.4. The van der Waals surface area contributed by atoms with Crippen LogP contribution in [0.5, 0.6) is 0 Å². The molecule has 8 heteroatoms. The number of imide groups is 1. The lowest BCUT2D eigenvalue weighted by atomic mass is 9.85. The van der Waals surface area contributed by atoms with Crippen LogP contribution in [0.3, 0.4) is 0 Å². The Morgan fingerprint density at radius 1 is 1.23 bits per heavy atom. The van der Waals surface area contributed by atoms with Gasteiger partial charge in [0.2, 0.25) is 17.7 Å². The van der Waals surface area contributed by atoms with E-state index in [0.717, 1.165) is 11.3 Å². The molecule has 0 aromatic heterocycles. The maximum Gasteiger partial charge on any atom is 0.269 e. The fourth-order valence-corrected chi connectivity index (χ4v) is 4.35. The maximum atomic E-state index is 12.6. The molecule has 4 rings (SSSR count). The van der Waals surface area contributed by atoms with Gasteiger partial charge in [0, 0.05) is 17.8 Å². The molecule has 3 aliphatic rings. The Balaban J connectivity index is 1.45. The molecule has 1 aliphatic heterocycles. The van der Waals surface area contributed by atoms with Crippen molar-refractivity contribution in [1.29, 1.82) is 0 Å². The molecule has 26 heavy (non-hydrogen) atoms. The molecule has 0 radical (unpaired) electrons. The van der Waals surface area contributed by atoms with Crippen LogP contribution in [0.15, 0.2) is 30.4 Å². The number of hydrogen-bond acceptors (Lipinski definition) is 5. The number of likely N-dealkylation sites (tertiary alicyclic amines) is 1. The summed E-state index contributed by atoms with van der Waals surface area (Å²) in [6.45, 7) is 1.31. The summed E-state index contributed by atoms with van der Waals surface area (Å²) < 4.78 is 0. The number of allylic oxidation sites excluding steroid dienone is 2. The first-order valence-electron chi connectivity index (χ1n) is 8.45. The Morgan fingerprint density at radius 2 is 1.85 bits per heavy atom. The number of benzene rings is 1. The fraction of sp³-hybridized carbons (Fsp3) is 0.389. The summed E-state index contributed by atoms with van der Waals surface area (Å²) in [7, 11) is 0. The minimum Gasteiger partial charge on any atom is -0.324 e. The van der Waals surface area contributed by atoms with Crippen LogP contribution in [0.4, 0.5) is 11.4 Å². The predicted molar refractivity (Wildman–Crippen MR) is 90.9 cm³/mol. The molecule has 1 saturated heterocycles. The average molecular weight is 355 g/mol.